The van der Waals surface area contributed by atoms with Crippen molar-refractivity contribution in [3.63, 3.8) is 0 Å². The van der Waals surface area contributed by atoms with Gasteiger partial charge in [-0.3, -0.25) is 0 Å². The normalized spacial score (nSPS) is 18.2. The van der Waals surface area contributed by atoms with E-state index in [4.69, 9.17) is 22.4 Å². The first-order chi connectivity index (χ1) is 20.0. The van der Waals surface area contributed by atoms with Gasteiger partial charge in [0.05, 0.1) is 22.7 Å². The average Bonchev–Trinajstić information content (AvgIpc) is 3.43. The van der Waals surface area contributed by atoms with Gasteiger partial charge >= 0.3 is 6.18 Å². The molecule has 0 saturated carbocycles. The Balaban J connectivity index is 1.61. The highest BCUT2D eigenvalue weighted by atomic mass is 35.5. The van der Waals surface area contributed by atoms with Gasteiger partial charge in [0.1, 0.15) is 5.84 Å². The van der Waals surface area contributed by atoms with E-state index in [1.807, 2.05) is 18.2 Å². The van der Waals surface area contributed by atoms with E-state index in [1.54, 1.807) is 42.5 Å². The zero-order chi connectivity index (χ0) is 29.9. The predicted molar refractivity (Wildman–Crippen MR) is 158 cm³/mol. The van der Waals surface area contributed by atoms with Gasteiger partial charge in [0.25, 0.3) is 16.0 Å². The number of aliphatic imine (C=N–C) groups is 1. The molecule has 2 N–H and O–H groups in total. The quantitative estimate of drug-likeness (QED) is 0.266. The summed E-state index contributed by atoms with van der Waals surface area (Å²) in [5.74, 6) is -0.596. The van der Waals surface area contributed by atoms with Crippen LogP contribution < -0.4 is 5.73 Å². The summed E-state index contributed by atoms with van der Waals surface area (Å²) in [4.78, 5) is 3.93. The minimum Gasteiger partial charge on any atom is -0.383 e. The summed E-state index contributed by atoms with van der Waals surface area (Å²) < 4.78 is 69.9. The van der Waals surface area contributed by atoms with Crippen molar-refractivity contribution in [1.82, 2.24) is 5.01 Å². The fourth-order valence-electron chi connectivity index (χ4n) is 4.54. The van der Waals surface area contributed by atoms with Crippen molar-refractivity contribution in [3.05, 3.63) is 124 Å². The van der Waals surface area contributed by atoms with E-state index in [2.05, 4.69) is 21.5 Å². The van der Waals surface area contributed by atoms with Gasteiger partial charge in [0.15, 0.2) is 0 Å². The lowest BCUT2D eigenvalue weighted by molar-refractivity contribution is -0.137. The Morgan fingerprint density at radius 3 is 2.29 bits per heavy atom. The van der Waals surface area contributed by atoms with Gasteiger partial charge in [-0.05, 0) is 60.4 Å². The van der Waals surface area contributed by atoms with Crippen molar-refractivity contribution in [1.29, 1.82) is 0 Å². The van der Waals surface area contributed by atoms with Crippen LogP contribution in [0.15, 0.2) is 122 Å². The standard InChI is InChI=1S/C30H25ClF3N5O2S/c31-24-15-11-21(12-16-24)27-26(20-7-3-1-4-8-20)19-39(37-27)29(36-28(35)22-9-5-2-6-10-22)38-42(40,41)25-17-13-23(14-18-25)30(32,33)34/h2-3,5-18,26H,1,4,19H2,(H2,35,36,38)/t26-/m1/s1. The van der Waals surface area contributed by atoms with Crippen molar-refractivity contribution >= 4 is 39.1 Å². The molecule has 0 amide bonds. The zero-order valence-electron chi connectivity index (χ0n) is 22.0. The Morgan fingerprint density at radius 1 is 0.976 bits per heavy atom. The molecule has 3 aromatic carbocycles. The molecule has 1 aliphatic heterocycles. The minimum atomic E-state index is -4.62. The highest BCUT2D eigenvalue weighted by Crippen LogP contribution is 2.32. The van der Waals surface area contributed by atoms with Gasteiger partial charge in [-0.1, -0.05) is 72.3 Å². The van der Waals surface area contributed by atoms with E-state index in [1.165, 1.54) is 5.01 Å². The summed E-state index contributed by atoms with van der Waals surface area (Å²) in [5.41, 5.74) is 8.23. The Hall–Kier alpha value is -4.22. The Kier molecular flexibility index (Phi) is 8.33. The monoisotopic (exact) mass is 611 g/mol. The maximum Gasteiger partial charge on any atom is 0.416 e. The molecule has 1 atom stereocenters. The molecule has 7 nitrogen and oxygen atoms in total. The molecule has 5 rings (SSSR count). The SMILES string of the molecule is N/C(=N\C(=N/S(=O)(=O)c1ccc(C(F)(F)F)cc1)N1C[C@H](C2=CCCC=C2)C(c2ccc(Cl)cc2)=N1)c1ccccc1. The molecular weight excluding hydrogens is 587 g/mol. The number of amidine groups is 1. The molecule has 0 fully saturated rings. The third-order valence-electron chi connectivity index (χ3n) is 6.68. The zero-order valence-corrected chi connectivity index (χ0v) is 23.6. The lowest BCUT2D eigenvalue weighted by Gasteiger charge is -2.18. The van der Waals surface area contributed by atoms with Crippen LogP contribution in [0, 0.1) is 5.92 Å². The van der Waals surface area contributed by atoms with E-state index < -0.39 is 26.7 Å². The second kappa shape index (κ2) is 11.9. The van der Waals surface area contributed by atoms with Gasteiger partial charge < -0.3 is 5.73 Å². The van der Waals surface area contributed by atoms with Gasteiger partial charge in [-0.25, -0.2) is 5.01 Å². The van der Waals surface area contributed by atoms with Crippen LogP contribution in [0.2, 0.25) is 5.02 Å². The number of nitrogens with zero attached hydrogens (tertiary/aromatic N) is 4. The molecule has 42 heavy (non-hydrogen) atoms. The number of rotatable bonds is 5. The van der Waals surface area contributed by atoms with Crippen molar-refractivity contribution in [2.24, 2.45) is 26.1 Å². The summed E-state index contributed by atoms with van der Waals surface area (Å²) in [5, 5.41) is 6.65. The van der Waals surface area contributed by atoms with Gasteiger partial charge in [0, 0.05) is 16.5 Å². The fraction of sp³-hybridized carbons (Fsp3) is 0.167. The first-order valence-electron chi connectivity index (χ1n) is 12.9. The second-order valence-corrected chi connectivity index (χ2v) is 11.6. The van der Waals surface area contributed by atoms with Crippen LogP contribution >= 0.6 is 11.6 Å². The van der Waals surface area contributed by atoms with Crippen LogP contribution in [-0.4, -0.2) is 37.5 Å². The van der Waals surface area contributed by atoms with Crippen molar-refractivity contribution in [2.75, 3.05) is 6.54 Å². The topological polar surface area (TPSA) is 100 Å². The Bertz CT molecular complexity index is 1720. The number of nitrogens with two attached hydrogens (primary N) is 1. The second-order valence-electron chi connectivity index (χ2n) is 9.56. The number of hydrogen-bond acceptors (Lipinski definition) is 3. The molecule has 0 unspecified atom stereocenters. The minimum absolute atomic E-state index is 0.0135. The summed E-state index contributed by atoms with van der Waals surface area (Å²) >= 11 is 6.11. The largest absolute Gasteiger partial charge is 0.416 e. The van der Waals surface area contributed by atoms with E-state index in [0.29, 0.717) is 28.4 Å². The molecule has 0 saturated heterocycles. The summed E-state index contributed by atoms with van der Waals surface area (Å²) in [7, 11) is -4.52. The number of alkyl halides is 3. The van der Waals surface area contributed by atoms with Crippen LogP contribution in [0.1, 0.15) is 29.5 Å². The Labute approximate surface area is 246 Å². The lowest BCUT2D eigenvalue weighted by Crippen LogP contribution is -2.29. The number of allylic oxidation sites excluding steroid dienone is 3. The van der Waals surface area contributed by atoms with Gasteiger partial charge in [0.2, 0.25) is 0 Å². The third-order valence-corrected chi connectivity index (χ3v) is 8.21. The number of guanidine groups is 1. The molecular formula is C30H25ClF3N5O2S. The van der Waals surface area contributed by atoms with Crippen molar-refractivity contribution in [3.8, 4) is 0 Å². The maximum absolute atomic E-state index is 13.4. The molecule has 1 heterocycles. The summed E-state index contributed by atoms with van der Waals surface area (Å²) in [6, 6.07) is 18.9. The lowest BCUT2D eigenvalue weighted by atomic mass is 9.87. The average molecular weight is 612 g/mol. The predicted octanol–water partition coefficient (Wildman–Crippen LogP) is 6.42. The van der Waals surface area contributed by atoms with E-state index in [0.717, 1.165) is 36.1 Å². The molecule has 0 aromatic heterocycles. The first-order valence-corrected chi connectivity index (χ1v) is 14.7. The molecule has 0 bridgehead atoms. The van der Waals surface area contributed by atoms with Gasteiger partial charge in [-0.2, -0.15) is 31.7 Å². The summed E-state index contributed by atoms with van der Waals surface area (Å²) in [6.07, 6.45) is 3.32. The van der Waals surface area contributed by atoms with Crippen LogP contribution in [0.3, 0.4) is 0 Å². The van der Waals surface area contributed by atoms with Gasteiger partial charge in [-0.15, -0.1) is 4.40 Å². The van der Waals surface area contributed by atoms with E-state index in [9.17, 15) is 21.6 Å². The number of halogens is 4. The van der Waals surface area contributed by atoms with Crippen LogP contribution in [0.25, 0.3) is 0 Å². The summed E-state index contributed by atoms with van der Waals surface area (Å²) in [6.45, 7) is 0.196. The van der Waals surface area contributed by atoms with Crippen molar-refractivity contribution < 1.29 is 21.6 Å². The smallest absolute Gasteiger partial charge is 0.383 e. The van der Waals surface area contributed by atoms with E-state index in [-0.39, 0.29) is 24.3 Å². The molecule has 216 valence electrons. The molecule has 12 heteroatoms. The highest BCUT2D eigenvalue weighted by Gasteiger charge is 2.34. The number of hydrazone groups is 1. The fourth-order valence-corrected chi connectivity index (χ4v) is 5.61. The third kappa shape index (κ3) is 6.63. The number of sulfonamides is 1. The van der Waals surface area contributed by atoms with Crippen LogP contribution in [0.4, 0.5) is 13.2 Å². The molecule has 1 aliphatic carbocycles. The number of benzene rings is 3. The van der Waals surface area contributed by atoms with Crippen molar-refractivity contribution in [2.45, 2.75) is 23.9 Å². The molecule has 0 radical (unpaired) electrons. The first kappa shape index (κ1) is 29.3. The highest BCUT2D eigenvalue weighted by molar-refractivity contribution is 7.90. The molecule has 0 spiro atoms. The van der Waals surface area contributed by atoms with E-state index >= 15 is 0 Å². The maximum atomic E-state index is 13.4. The van der Waals surface area contributed by atoms with Crippen LogP contribution in [0.5, 0.6) is 0 Å². The molecule has 3 aromatic rings. The van der Waals surface area contributed by atoms with Crippen LogP contribution in [-0.2, 0) is 16.2 Å². The number of hydrogen-bond donors (Lipinski definition) is 1. The Morgan fingerprint density at radius 2 is 1.67 bits per heavy atom. The molecule has 2 aliphatic rings.